The van der Waals surface area contributed by atoms with E-state index in [1.807, 2.05) is 32.0 Å². The second kappa shape index (κ2) is 5.56. The van der Waals surface area contributed by atoms with Crippen molar-refractivity contribution in [2.75, 3.05) is 13.2 Å². The molecular weight excluding hydrogens is 291 g/mol. The first kappa shape index (κ1) is 11.8. The highest BCUT2D eigenvalue weighted by molar-refractivity contribution is 14.1. The van der Waals surface area contributed by atoms with Crippen LogP contribution in [-0.2, 0) is 0 Å². The van der Waals surface area contributed by atoms with Crippen molar-refractivity contribution >= 4 is 22.6 Å². The molecule has 0 atom stereocenters. The average molecular weight is 305 g/mol. The normalized spacial score (nSPS) is 10.6. The molecule has 0 aliphatic heterocycles. The first-order valence-corrected chi connectivity index (χ1v) is 5.63. The molecule has 0 bridgehead atoms. The van der Waals surface area contributed by atoms with Crippen LogP contribution in [0, 0.1) is 9.49 Å². The van der Waals surface area contributed by atoms with Crippen LogP contribution in [0.25, 0.3) is 0 Å². The van der Waals surface area contributed by atoms with Gasteiger partial charge in [0.1, 0.15) is 5.75 Å². The second-order valence-corrected chi connectivity index (χ2v) is 4.15. The quantitative estimate of drug-likeness (QED) is 0.867. The molecule has 2 nitrogen and oxygen atoms in total. The lowest BCUT2D eigenvalue weighted by molar-refractivity contribution is 0.306. The van der Waals surface area contributed by atoms with E-state index in [0.29, 0.717) is 6.61 Å². The van der Waals surface area contributed by atoms with Gasteiger partial charge in [0.15, 0.2) is 0 Å². The van der Waals surface area contributed by atoms with Crippen molar-refractivity contribution in [2.24, 2.45) is 0 Å². The molecule has 0 aromatic heterocycles. The van der Waals surface area contributed by atoms with Gasteiger partial charge in [0.05, 0.1) is 16.8 Å². The second-order valence-electron chi connectivity index (χ2n) is 2.99. The Bertz CT molecular complexity index is 299. The van der Waals surface area contributed by atoms with Gasteiger partial charge in [-0.05, 0) is 35.6 Å². The number of ether oxygens (including phenoxy) is 1. The van der Waals surface area contributed by atoms with Gasteiger partial charge in [-0.3, -0.25) is 0 Å². The van der Waals surface area contributed by atoms with Gasteiger partial charge in [0.2, 0.25) is 0 Å². The lowest BCUT2D eigenvalue weighted by Gasteiger charge is -2.15. The Morgan fingerprint density at radius 1 is 1.50 bits per heavy atom. The molecule has 77 valence electrons. The van der Waals surface area contributed by atoms with E-state index in [4.69, 9.17) is 9.84 Å². The molecule has 0 saturated carbocycles. The molecule has 1 N–H and O–H groups in total. The number of benzene rings is 1. The fraction of sp³-hybridized carbons (Fsp3) is 0.364. The van der Waals surface area contributed by atoms with Gasteiger partial charge in [0.25, 0.3) is 0 Å². The average Bonchev–Trinajstić information content (AvgIpc) is 2.20. The highest BCUT2D eigenvalue weighted by Gasteiger charge is 2.13. The molecule has 1 aromatic carbocycles. The number of para-hydroxylation sites is 1. The summed E-state index contributed by atoms with van der Waals surface area (Å²) in [6.07, 6.45) is 0. The smallest absolute Gasteiger partial charge is 0.136 e. The predicted molar refractivity (Wildman–Crippen MR) is 65.4 cm³/mol. The molecule has 0 aliphatic rings. The van der Waals surface area contributed by atoms with E-state index in [2.05, 4.69) is 22.6 Å². The molecule has 1 aromatic rings. The number of hydrogen-bond acceptors (Lipinski definition) is 2. The van der Waals surface area contributed by atoms with Crippen LogP contribution >= 0.6 is 22.6 Å². The number of rotatable bonds is 4. The predicted octanol–water partition coefficient (Wildman–Crippen LogP) is 2.62. The molecular formula is C11H14IO2. The van der Waals surface area contributed by atoms with Crippen LogP contribution in [0.5, 0.6) is 5.75 Å². The minimum Gasteiger partial charge on any atom is -0.492 e. The first-order valence-electron chi connectivity index (χ1n) is 4.55. The number of aliphatic hydroxyl groups excluding tert-OH is 1. The summed E-state index contributed by atoms with van der Waals surface area (Å²) < 4.78 is 6.63. The van der Waals surface area contributed by atoms with Crippen molar-refractivity contribution in [3.8, 4) is 5.75 Å². The monoisotopic (exact) mass is 305 g/mol. The van der Waals surface area contributed by atoms with Gasteiger partial charge in [-0.25, -0.2) is 0 Å². The number of hydrogen-bond donors (Lipinski definition) is 1. The Kier molecular flexibility index (Phi) is 4.68. The Morgan fingerprint density at radius 3 is 2.79 bits per heavy atom. The molecule has 14 heavy (non-hydrogen) atoms. The molecule has 0 aliphatic carbocycles. The molecule has 1 radical (unpaired) electrons. The van der Waals surface area contributed by atoms with Crippen LogP contribution in [0.2, 0.25) is 0 Å². The van der Waals surface area contributed by atoms with E-state index in [-0.39, 0.29) is 6.61 Å². The minimum atomic E-state index is 0.0696. The summed E-state index contributed by atoms with van der Waals surface area (Å²) in [6.45, 7) is 4.58. The maximum absolute atomic E-state index is 9.08. The summed E-state index contributed by atoms with van der Waals surface area (Å²) in [4.78, 5) is 0. The Hall–Kier alpha value is -0.290. The lowest BCUT2D eigenvalue weighted by Crippen LogP contribution is -2.05. The maximum atomic E-state index is 9.08. The van der Waals surface area contributed by atoms with E-state index in [1.54, 1.807) is 0 Å². The van der Waals surface area contributed by atoms with Crippen LogP contribution in [0.3, 0.4) is 0 Å². The molecule has 3 heteroatoms. The highest BCUT2D eigenvalue weighted by atomic mass is 127. The van der Waals surface area contributed by atoms with Crippen molar-refractivity contribution in [3.05, 3.63) is 33.3 Å². The maximum Gasteiger partial charge on any atom is 0.136 e. The summed E-state index contributed by atoms with van der Waals surface area (Å²) in [5.41, 5.74) is 1.00. The Balaban J connectivity index is 3.07. The number of halogens is 1. The lowest BCUT2D eigenvalue weighted by atomic mass is 10.0. The topological polar surface area (TPSA) is 29.5 Å². The summed E-state index contributed by atoms with van der Waals surface area (Å²) >= 11 is 2.24. The van der Waals surface area contributed by atoms with E-state index < -0.39 is 0 Å². The van der Waals surface area contributed by atoms with Crippen molar-refractivity contribution in [2.45, 2.75) is 13.8 Å². The van der Waals surface area contributed by atoms with Gasteiger partial charge >= 0.3 is 0 Å². The van der Waals surface area contributed by atoms with Crippen LogP contribution in [-0.4, -0.2) is 18.3 Å². The standard InChI is InChI=1S/C11H14IO2/c1-3-14-11-9(8(2)7-13)5-4-6-10(11)12/h4-6,13H,3,7H2,1-2H3. The van der Waals surface area contributed by atoms with E-state index >= 15 is 0 Å². The zero-order valence-corrected chi connectivity index (χ0v) is 10.5. The van der Waals surface area contributed by atoms with E-state index in [0.717, 1.165) is 20.8 Å². The highest BCUT2D eigenvalue weighted by Crippen LogP contribution is 2.30. The van der Waals surface area contributed by atoms with Crippen molar-refractivity contribution in [1.82, 2.24) is 0 Å². The van der Waals surface area contributed by atoms with Crippen molar-refractivity contribution < 1.29 is 9.84 Å². The fourth-order valence-corrected chi connectivity index (χ4v) is 1.87. The molecule has 0 unspecified atom stereocenters. The Labute approximate surface area is 98.4 Å². The zero-order chi connectivity index (χ0) is 10.6. The molecule has 0 spiro atoms. The van der Waals surface area contributed by atoms with Crippen LogP contribution in [0.4, 0.5) is 0 Å². The fourth-order valence-electron chi connectivity index (χ4n) is 1.22. The molecule has 0 heterocycles. The minimum absolute atomic E-state index is 0.0696. The number of aliphatic hydroxyl groups is 1. The van der Waals surface area contributed by atoms with Crippen molar-refractivity contribution in [3.63, 3.8) is 0 Å². The van der Waals surface area contributed by atoms with Gasteiger partial charge in [-0.15, -0.1) is 0 Å². The SMILES string of the molecule is CCOc1c(I)cccc1[C](C)CO. The summed E-state index contributed by atoms with van der Waals surface area (Å²) in [5.74, 6) is 1.81. The molecule has 0 saturated heterocycles. The summed E-state index contributed by atoms with van der Waals surface area (Å²) in [7, 11) is 0. The molecule has 0 amide bonds. The zero-order valence-electron chi connectivity index (χ0n) is 8.38. The van der Waals surface area contributed by atoms with E-state index in [1.165, 1.54) is 0 Å². The van der Waals surface area contributed by atoms with Crippen LogP contribution in [0.1, 0.15) is 19.4 Å². The largest absolute Gasteiger partial charge is 0.492 e. The van der Waals surface area contributed by atoms with Gasteiger partial charge in [-0.1, -0.05) is 19.1 Å². The van der Waals surface area contributed by atoms with Crippen LogP contribution < -0.4 is 4.74 Å². The molecule has 1 rings (SSSR count). The van der Waals surface area contributed by atoms with E-state index in [9.17, 15) is 0 Å². The van der Waals surface area contributed by atoms with Gasteiger partial charge in [0, 0.05) is 11.5 Å². The summed E-state index contributed by atoms with van der Waals surface area (Å²) in [5, 5.41) is 9.08. The third-order valence-electron chi connectivity index (χ3n) is 1.95. The Morgan fingerprint density at radius 2 is 2.21 bits per heavy atom. The third kappa shape index (κ3) is 2.60. The van der Waals surface area contributed by atoms with Crippen LogP contribution in [0.15, 0.2) is 18.2 Å². The van der Waals surface area contributed by atoms with Gasteiger partial charge < -0.3 is 9.84 Å². The molecule has 0 fully saturated rings. The van der Waals surface area contributed by atoms with Gasteiger partial charge in [-0.2, -0.15) is 0 Å². The third-order valence-corrected chi connectivity index (χ3v) is 2.80. The van der Waals surface area contributed by atoms with Crippen molar-refractivity contribution in [1.29, 1.82) is 0 Å². The first-order chi connectivity index (χ1) is 6.70. The summed E-state index contributed by atoms with van der Waals surface area (Å²) in [6, 6.07) is 5.94.